The predicted octanol–water partition coefficient (Wildman–Crippen LogP) is 4.11. The molecule has 162 valence electrons. The summed E-state index contributed by atoms with van der Waals surface area (Å²) in [7, 11) is -7.26. The van der Waals surface area contributed by atoms with Crippen molar-refractivity contribution >= 4 is 48.7 Å². The Kier molecular flexibility index (Phi) is 6.40. The minimum atomic E-state index is -3.80. The van der Waals surface area contributed by atoms with Gasteiger partial charge in [0.25, 0.3) is 15.9 Å². The number of hydrogen-bond acceptors (Lipinski definition) is 5. The Morgan fingerprint density at radius 2 is 1.55 bits per heavy atom. The van der Waals surface area contributed by atoms with Crippen LogP contribution in [0.3, 0.4) is 0 Å². The van der Waals surface area contributed by atoms with E-state index in [4.69, 9.17) is 11.6 Å². The van der Waals surface area contributed by atoms with Gasteiger partial charge in [-0.1, -0.05) is 35.4 Å². The van der Waals surface area contributed by atoms with Crippen LogP contribution in [-0.4, -0.2) is 29.0 Å². The minimum absolute atomic E-state index is 0.0205. The lowest BCUT2D eigenvalue weighted by molar-refractivity contribution is 0.102. The first-order valence-electron chi connectivity index (χ1n) is 8.96. The zero-order valence-corrected chi connectivity index (χ0v) is 19.0. The molecule has 0 radical (unpaired) electrons. The molecule has 0 spiro atoms. The average Bonchev–Trinajstić information content (AvgIpc) is 2.69. The van der Waals surface area contributed by atoms with Crippen LogP contribution in [-0.2, 0) is 19.9 Å². The number of hydrogen-bond donors (Lipinski definition) is 2. The van der Waals surface area contributed by atoms with E-state index in [1.807, 2.05) is 6.92 Å². The third-order valence-electron chi connectivity index (χ3n) is 4.33. The number of carbonyl (C=O) groups excluding carboxylic acids is 1. The zero-order valence-electron chi connectivity index (χ0n) is 16.6. The van der Waals surface area contributed by atoms with Crippen LogP contribution in [0.15, 0.2) is 76.5 Å². The summed E-state index contributed by atoms with van der Waals surface area (Å²) in [5.74, 6) is -0.555. The molecule has 0 aliphatic heterocycles. The maximum Gasteiger partial charge on any atom is 0.261 e. The van der Waals surface area contributed by atoms with E-state index in [-0.39, 0.29) is 31.8 Å². The number of amides is 1. The number of benzene rings is 3. The second kappa shape index (κ2) is 8.70. The molecule has 0 saturated heterocycles. The second-order valence-corrected chi connectivity index (χ2v) is 11.0. The lowest BCUT2D eigenvalue weighted by Crippen LogP contribution is -2.14. The van der Waals surface area contributed by atoms with Gasteiger partial charge in [0.15, 0.2) is 9.84 Å². The van der Waals surface area contributed by atoms with Crippen molar-refractivity contribution in [3.05, 3.63) is 82.9 Å². The predicted molar refractivity (Wildman–Crippen MR) is 121 cm³/mol. The van der Waals surface area contributed by atoms with Gasteiger partial charge in [-0.25, -0.2) is 16.8 Å². The van der Waals surface area contributed by atoms with Crippen molar-refractivity contribution in [2.75, 3.05) is 16.3 Å². The molecular weight excluding hydrogens is 460 g/mol. The first-order chi connectivity index (χ1) is 14.5. The maximum absolute atomic E-state index is 12.5. The number of carbonyl (C=O) groups is 1. The van der Waals surface area contributed by atoms with Gasteiger partial charge in [0.2, 0.25) is 0 Å². The third-order valence-corrected chi connectivity index (χ3v) is 7.15. The second-order valence-electron chi connectivity index (χ2n) is 6.87. The van der Waals surface area contributed by atoms with E-state index in [0.717, 1.165) is 11.8 Å². The first kappa shape index (κ1) is 22.8. The lowest BCUT2D eigenvalue weighted by Gasteiger charge is -2.12. The highest BCUT2D eigenvalue weighted by molar-refractivity contribution is 7.92. The van der Waals surface area contributed by atoms with Crippen LogP contribution in [0.2, 0.25) is 5.02 Å². The highest BCUT2D eigenvalue weighted by atomic mass is 35.5. The summed E-state index contributed by atoms with van der Waals surface area (Å²) in [6.07, 6.45) is 1.05. The highest BCUT2D eigenvalue weighted by Crippen LogP contribution is 2.27. The summed E-state index contributed by atoms with van der Waals surface area (Å²) >= 11 is 6.22. The molecule has 10 heteroatoms. The van der Waals surface area contributed by atoms with E-state index in [1.54, 1.807) is 12.1 Å². The van der Waals surface area contributed by atoms with E-state index >= 15 is 0 Å². The summed E-state index contributed by atoms with van der Waals surface area (Å²) in [5, 5.41) is 2.70. The molecule has 3 aromatic carbocycles. The number of nitrogens with one attached hydrogen (secondary N) is 2. The Balaban J connectivity index is 1.78. The number of rotatable bonds is 6. The number of halogens is 1. The summed E-state index contributed by atoms with van der Waals surface area (Å²) in [4.78, 5) is 12.6. The fourth-order valence-corrected chi connectivity index (χ4v) is 4.62. The van der Waals surface area contributed by atoms with Crippen LogP contribution in [0.4, 0.5) is 11.4 Å². The molecule has 2 N–H and O–H groups in total. The largest absolute Gasteiger partial charge is 0.321 e. The molecule has 0 saturated carbocycles. The number of anilines is 2. The van der Waals surface area contributed by atoms with Crippen LogP contribution in [0.1, 0.15) is 15.9 Å². The molecule has 3 rings (SSSR count). The van der Waals surface area contributed by atoms with Gasteiger partial charge in [-0.3, -0.25) is 9.52 Å². The van der Waals surface area contributed by atoms with Gasteiger partial charge in [0.05, 0.1) is 26.2 Å². The van der Waals surface area contributed by atoms with Crippen molar-refractivity contribution in [2.45, 2.75) is 16.7 Å². The molecule has 0 fully saturated rings. The molecule has 0 aliphatic rings. The topological polar surface area (TPSA) is 109 Å². The highest BCUT2D eigenvalue weighted by Gasteiger charge is 2.16. The minimum Gasteiger partial charge on any atom is -0.321 e. The van der Waals surface area contributed by atoms with Crippen LogP contribution < -0.4 is 10.0 Å². The smallest absolute Gasteiger partial charge is 0.261 e. The van der Waals surface area contributed by atoms with E-state index in [2.05, 4.69) is 10.0 Å². The average molecular weight is 479 g/mol. The maximum atomic E-state index is 12.5. The van der Waals surface area contributed by atoms with Crippen molar-refractivity contribution < 1.29 is 21.6 Å². The summed E-state index contributed by atoms with van der Waals surface area (Å²) in [5.41, 5.74) is 1.55. The molecule has 0 aliphatic carbocycles. The van der Waals surface area contributed by atoms with E-state index < -0.39 is 25.8 Å². The quantitative estimate of drug-likeness (QED) is 0.554. The zero-order chi connectivity index (χ0) is 22.8. The fourth-order valence-electron chi connectivity index (χ4n) is 2.67. The van der Waals surface area contributed by atoms with Crippen LogP contribution in [0.25, 0.3) is 0 Å². The summed E-state index contributed by atoms with van der Waals surface area (Å²) in [6, 6.07) is 16.3. The van der Waals surface area contributed by atoms with Crippen molar-refractivity contribution in [2.24, 2.45) is 0 Å². The van der Waals surface area contributed by atoms with Gasteiger partial charge in [-0.2, -0.15) is 0 Å². The molecule has 0 unspecified atom stereocenters. The van der Waals surface area contributed by atoms with Gasteiger partial charge in [0.1, 0.15) is 0 Å². The molecular formula is C21H19ClN2O5S2. The number of sulfone groups is 1. The molecule has 0 heterocycles. The van der Waals surface area contributed by atoms with Crippen LogP contribution >= 0.6 is 11.6 Å². The third kappa shape index (κ3) is 5.63. The normalized spacial score (nSPS) is 11.7. The van der Waals surface area contributed by atoms with Gasteiger partial charge in [-0.15, -0.1) is 0 Å². The molecule has 0 atom stereocenters. The summed E-state index contributed by atoms with van der Waals surface area (Å²) < 4.78 is 50.8. The van der Waals surface area contributed by atoms with Gasteiger partial charge < -0.3 is 5.32 Å². The Morgan fingerprint density at radius 1 is 0.871 bits per heavy atom. The Bertz CT molecular complexity index is 1350. The monoisotopic (exact) mass is 478 g/mol. The van der Waals surface area contributed by atoms with Gasteiger partial charge in [-0.05, 0) is 55.5 Å². The molecule has 1 amide bonds. The van der Waals surface area contributed by atoms with Crippen molar-refractivity contribution in [1.29, 1.82) is 0 Å². The van der Waals surface area contributed by atoms with Crippen molar-refractivity contribution in [1.82, 2.24) is 0 Å². The molecule has 0 bridgehead atoms. The lowest BCUT2D eigenvalue weighted by atomic mass is 10.2. The Morgan fingerprint density at radius 3 is 2.16 bits per heavy atom. The van der Waals surface area contributed by atoms with E-state index in [1.165, 1.54) is 54.6 Å². The molecule has 31 heavy (non-hydrogen) atoms. The molecule has 3 aromatic rings. The molecule has 0 aromatic heterocycles. The standard InChI is InChI=1S/C21H19ClN2O5S2/c1-14-6-9-17(10-7-14)31(28,29)24-16-8-11-20(19(22)13-16)23-21(25)15-4-3-5-18(12-15)30(2,26)27/h3-13,24H,1-2H3,(H,23,25). The fraction of sp³-hybridized carbons (Fsp3) is 0.0952. The van der Waals surface area contributed by atoms with Crippen molar-refractivity contribution in [3.8, 4) is 0 Å². The van der Waals surface area contributed by atoms with E-state index in [9.17, 15) is 21.6 Å². The van der Waals surface area contributed by atoms with Crippen LogP contribution in [0, 0.1) is 6.92 Å². The number of aryl methyl sites for hydroxylation is 1. The van der Waals surface area contributed by atoms with Crippen molar-refractivity contribution in [3.63, 3.8) is 0 Å². The summed E-state index contributed by atoms with van der Waals surface area (Å²) in [6.45, 7) is 1.86. The van der Waals surface area contributed by atoms with Crippen LogP contribution in [0.5, 0.6) is 0 Å². The Labute approximate surface area is 186 Å². The Hall–Kier alpha value is -2.88. The van der Waals surface area contributed by atoms with Gasteiger partial charge >= 0.3 is 0 Å². The number of sulfonamides is 1. The van der Waals surface area contributed by atoms with Gasteiger partial charge in [0, 0.05) is 11.8 Å². The van der Waals surface area contributed by atoms with E-state index in [0.29, 0.717) is 0 Å². The first-order valence-corrected chi connectivity index (χ1v) is 12.7. The molecule has 7 nitrogen and oxygen atoms in total. The SMILES string of the molecule is Cc1ccc(S(=O)(=O)Nc2ccc(NC(=O)c3cccc(S(C)(=O)=O)c3)c(Cl)c2)cc1.